The molecule has 146 valence electrons. The van der Waals surface area contributed by atoms with Crippen molar-refractivity contribution in [3.8, 4) is 22.6 Å². The summed E-state index contributed by atoms with van der Waals surface area (Å²) >= 11 is 0. The SMILES string of the molecule is C=CC(=O)Oc1ccc(C(C)c2ccc3c(c2)C(F)(F)c2cc(O)ccc2-3)cc1. The quantitative estimate of drug-likeness (QED) is 0.349. The van der Waals surface area contributed by atoms with Gasteiger partial charge in [0.25, 0.3) is 5.92 Å². The lowest BCUT2D eigenvalue weighted by Gasteiger charge is -2.17. The van der Waals surface area contributed by atoms with E-state index in [4.69, 9.17) is 4.74 Å². The van der Waals surface area contributed by atoms with Crippen LogP contribution in [0, 0.1) is 0 Å². The number of ether oxygens (including phenoxy) is 1. The summed E-state index contributed by atoms with van der Waals surface area (Å²) in [6.07, 6.45) is 1.08. The van der Waals surface area contributed by atoms with E-state index in [1.54, 1.807) is 30.3 Å². The lowest BCUT2D eigenvalue weighted by Crippen LogP contribution is -2.11. The average Bonchev–Trinajstić information content (AvgIpc) is 2.94. The zero-order valence-electron chi connectivity index (χ0n) is 15.7. The van der Waals surface area contributed by atoms with Crippen LogP contribution in [0.5, 0.6) is 11.5 Å². The van der Waals surface area contributed by atoms with Gasteiger partial charge in [-0.25, -0.2) is 4.79 Å². The number of rotatable bonds is 4. The van der Waals surface area contributed by atoms with Gasteiger partial charge in [0.15, 0.2) is 0 Å². The van der Waals surface area contributed by atoms with E-state index in [1.807, 2.05) is 13.0 Å². The standard InChI is InChI=1S/C24H18F2O3/c1-3-23(28)29-18-8-4-15(5-9-18)14(2)16-6-10-19-20-11-7-17(27)13-22(20)24(25,26)21(19)12-16/h3-14,27H,1H2,2H3. The second kappa shape index (κ2) is 6.85. The van der Waals surface area contributed by atoms with Gasteiger partial charge in [0.05, 0.1) is 0 Å². The molecule has 1 unspecified atom stereocenters. The molecular formula is C24H18F2O3. The predicted octanol–water partition coefficient (Wildman–Crippen LogP) is 5.76. The van der Waals surface area contributed by atoms with E-state index in [9.17, 15) is 18.7 Å². The number of benzene rings is 3. The maximum atomic E-state index is 15.0. The highest BCUT2D eigenvalue weighted by Crippen LogP contribution is 2.52. The Morgan fingerprint density at radius 3 is 2.24 bits per heavy atom. The molecule has 4 rings (SSSR count). The largest absolute Gasteiger partial charge is 0.508 e. The molecule has 1 atom stereocenters. The Hall–Kier alpha value is -3.47. The van der Waals surface area contributed by atoms with Crippen LogP contribution in [0.2, 0.25) is 0 Å². The highest BCUT2D eigenvalue weighted by Gasteiger charge is 2.44. The number of aromatic hydroxyl groups is 1. The molecule has 0 heterocycles. The highest BCUT2D eigenvalue weighted by molar-refractivity contribution is 5.83. The van der Waals surface area contributed by atoms with Crippen molar-refractivity contribution >= 4 is 5.97 Å². The van der Waals surface area contributed by atoms with E-state index in [-0.39, 0.29) is 22.8 Å². The summed E-state index contributed by atoms with van der Waals surface area (Å²) in [7, 11) is 0. The van der Waals surface area contributed by atoms with E-state index < -0.39 is 11.9 Å². The van der Waals surface area contributed by atoms with Crippen LogP contribution < -0.4 is 4.74 Å². The second-order valence-corrected chi connectivity index (χ2v) is 7.03. The molecule has 0 aromatic heterocycles. The van der Waals surface area contributed by atoms with E-state index in [0.29, 0.717) is 16.9 Å². The number of esters is 1. The van der Waals surface area contributed by atoms with Crippen molar-refractivity contribution in [3.05, 3.63) is 95.6 Å². The summed E-state index contributed by atoms with van der Waals surface area (Å²) in [5.74, 6) is -3.64. The van der Waals surface area contributed by atoms with Crippen LogP contribution in [-0.2, 0) is 10.7 Å². The number of alkyl halides is 2. The van der Waals surface area contributed by atoms with Crippen molar-refractivity contribution in [1.82, 2.24) is 0 Å². The highest BCUT2D eigenvalue weighted by atomic mass is 19.3. The number of carbonyl (C=O) groups excluding carboxylic acids is 1. The van der Waals surface area contributed by atoms with Gasteiger partial charge in [0, 0.05) is 23.1 Å². The number of carbonyl (C=O) groups is 1. The normalized spacial score (nSPS) is 14.6. The Labute approximate surface area is 166 Å². The van der Waals surface area contributed by atoms with E-state index >= 15 is 0 Å². The first kappa shape index (κ1) is 18.9. The smallest absolute Gasteiger partial charge is 0.335 e. The van der Waals surface area contributed by atoms with Crippen LogP contribution >= 0.6 is 0 Å². The van der Waals surface area contributed by atoms with Gasteiger partial charge in [-0.15, -0.1) is 0 Å². The molecule has 0 radical (unpaired) electrons. The van der Waals surface area contributed by atoms with Crippen molar-refractivity contribution in [2.24, 2.45) is 0 Å². The number of halogens is 2. The average molecular weight is 392 g/mol. The minimum Gasteiger partial charge on any atom is -0.508 e. The molecule has 1 aliphatic rings. The molecule has 3 aromatic carbocycles. The minimum absolute atomic E-state index is 0.0565. The maximum absolute atomic E-state index is 15.0. The third kappa shape index (κ3) is 3.18. The number of hydrogen-bond donors (Lipinski definition) is 1. The molecule has 5 heteroatoms. The Kier molecular flexibility index (Phi) is 4.46. The Morgan fingerprint density at radius 2 is 1.59 bits per heavy atom. The zero-order chi connectivity index (χ0) is 20.8. The number of phenolic OH excluding ortho intramolecular Hbond substituents is 1. The molecule has 0 fully saturated rings. The molecule has 1 aliphatic carbocycles. The molecule has 0 spiro atoms. The molecule has 0 aliphatic heterocycles. The molecule has 3 nitrogen and oxygen atoms in total. The van der Waals surface area contributed by atoms with Crippen molar-refractivity contribution in [3.63, 3.8) is 0 Å². The van der Waals surface area contributed by atoms with Crippen LogP contribution in [0.3, 0.4) is 0 Å². The Balaban J connectivity index is 1.66. The van der Waals surface area contributed by atoms with Crippen molar-refractivity contribution in [2.75, 3.05) is 0 Å². The molecule has 0 bridgehead atoms. The van der Waals surface area contributed by atoms with Crippen LogP contribution in [0.25, 0.3) is 11.1 Å². The van der Waals surface area contributed by atoms with Crippen molar-refractivity contribution in [1.29, 1.82) is 0 Å². The number of phenols is 1. The minimum atomic E-state index is -3.16. The molecule has 1 N–H and O–H groups in total. The van der Waals surface area contributed by atoms with Crippen LogP contribution in [0.4, 0.5) is 8.78 Å². The fourth-order valence-electron chi connectivity index (χ4n) is 3.67. The van der Waals surface area contributed by atoms with Gasteiger partial charge in [0.2, 0.25) is 0 Å². The van der Waals surface area contributed by atoms with Gasteiger partial charge in [-0.05, 0) is 52.6 Å². The zero-order valence-corrected chi connectivity index (χ0v) is 15.7. The summed E-state index contributed by atoms with van der Waals surface area (Å²) < 4.78 is 35.1. The fourth-order valence-corrected chi connectivity index (χ4v) is 3.67. The third-order valence-corrected chi connectivity index (χ3v) is 5.28. The number of fused-ring (bicyclic) bond motifs is 3. The van der Waals surface area contributed by atoms with Gasteiger partial charge in [0.1, 0.15) is 11.5 Å². The lowest BCUT2D eigenvalue weighted by molar-refractivity contribution is -0.128. The summed E-state index contributed by atoms with van der Waals surface area (Å²) in [5, 5.41) is 9.62. The topological polar surface area (TPSA) is 46.5 Å². The first-order chi connectivity index (χ1) is 13.8. The molecule has 3 aromatic rings. The van der Waals surface area contributed by atoms with E-state index in [2.05, 4.69) is 6.58 Å². The van der Waals surface area contributed by atoms with Crippen LogP contribution in [-0.4, -0.2) is 11.1 Å². The molecule has 0 saturated carbocycles. The summed E-state index contributed by atoms with van der Waals surface area (Å²) in [6, 6.07) is 16.1. The Morgan fingerprint density at radius 1 is 1.00 bits per heavy atom. The monoisotopic (exact) mass is 392 g/mol. The third-order valence-electron chi connectivity index (χ3n) is 5.28. The van der Waals surface area contributed by atoms with Crippen molar-refractivity contribution < 1.29 is 23.4 Å². The first-order valence-corrected chi connectivity index (χ1v) is 9.11. The molecular weight excluding hydrogens is 374 g/mol. The van der Waals surface area contributed by atoms with Crippen LogP contribution in [0.15, 0.2) is 73.3 Å². The first-order valence-electron chi connectivity index (χ1n) is 9.11. The van der Waals surface area contributed by atoms with Gasteiger partial charge in [-0.1, -0.05) is 43.8 Å². The molecule has 29 heavy (non-hydrogen) atoms. The maximum Gasteiger partial charge on any atom is 0.335 e. The van der Waals surface area contributed by atoms with Gasteiger partial charge in [-0.2, -0.15) is 8.78 Å². The van der Waals surface area contributed by atoms with E-state index in [1.165, 1.54) is 18.2 Å². The molecule has 0 amide bonds. The lowest BCUT2D eigenvalue weighted by atomic mass is 9.90. The fraction of sp³-hybridized carbons (Fsp3) is 0.125. The number of hydrogen-bond acceptors (Lipinski definition) is 3. The summed E-state index contributed by atoms with van der Waals surface area (Å²) in [4.78, 5) is 11.3. The van der Waals surface area contributed by atoms with Crippen LogP contribution in [0.1, 0.15) is 35.1 Å². The van der Waals surface area contributed by atoms with Gasteiger partial charge in [-0.3, -0.25) is 0 Å². The Bertz CT molecular complexity index is 1120. The second-order valence-electron chi connectivity index (χ2n) is 7.03. The van der Waals surface area contributed by atoms with E-state index in [0.717, 1.165) is 23.3 Å². The van der Waals surface area contributed by atoms with Crippen molar-refractivity contribution in [2.45, 2.75) is 18.8 Å². The van der Waals surface area contributed by atoms with Gasteiger partial charge >= 0.3 is 5.97 Å². The van der Waals surface area contributed by atoms with Gasteiger partial charge < -0.3 is 9.84 Å². The molecule has 0 saturated heterocycles. The summed E-state index contributed by atoms with van der Waals surface area (Å²) in [5.41, 5.74) is 2.34. The summed E-state index contributed by atoms with van der Waals surface area (Å²) in [6.45, 7) is 5.28. The predicted molar refractivity (Wildman–Crippen MR) is 106 cm³/mol.